The van der Waals surface area contributed by atoms with E-state index >= 15 is 0 Å². The number of likely N-dealkylation sites (tertiary alicyclic amines) is 1. The monoisotopic (exact) mass is 331 g/mol. The zero-order chi connectivity index (χ0) is 17.5. The second kappa shape index (κ2) is 9.22. The van der Waals surface area contributed by atoms with Crippen molar-refractivity contribution >= 4 is 5.91 Å². The fraction of sp³-hybridized carbons (Fsp3) is 0.667. The summed E-state index contributed by atoms with van der Waals surface area (Å²) >= 11 is 0. The molecule has 24 heavy (non-hydrogen) atoms. The molecule has 0 spiro atoms. The van der Waals surface area contributed by atoms with Gasteiger partial charge in [0.25, 0.3) is 0 Å². The van der Waals surface area contributed by atoms with Crippen LogP contribution in [-0.2, 0) is 11.3 Å². The number of benzene rings is 1. The lowest BCUT2D eigenvalue weighted by atomic mass is 9.95. The third kappa shape index (κ3) is 5.94. The maximum atomic E-state index is 12.2. The van der Waals surface area contributed by atoms with Crippen LogP contribution in [0.2, 0.25) is 0 Å². The summed E-state index contributed by atoms with van der Waals surface area (Å²) in [6.07, 6.45) is 3.11. The number of amides is 1. The summed E-state index contributed by atoms with van der Waals surface area (Å²) < 4.78 is 0. The van der Waals surface area contributed by atoms with Crippen molar-refractivity contribution in [2.75, 3.05) is 19.6 Å². The first-order chi connectivity index (χ1) is 11.5. The first-order valence-corrected chi connectivity index (χ1v) is 9.65. The van der Waals surface area contributed by atoms with Gasteiger partial charge >= 0.3 is 0 Å². The number of hydrogen-bond donors (Lipinski definition) is 2. The van der Waals surface area contributed by atoms with Crippen molar-refractivity contribution in [1.82, 2.24) is 5.32 Å². The molecular weight excluding hydrogens is 296 g/mol. The van der Waals surface area contributed by atoms with Gasteiger partial charge in [0.1, 0.15) is 6.54 Å². The molecule has 0 aromatic heterocycles. The van der Waals surface area contributed by atoms with Gasteiger partial charge in [0.2, 0.25) is 5.91 Å². The predicted molar refractivity (Wildman–Crippen MR) is 100 cm³/mol. The Labute approximate surface area is 147 Å². The smallest absolute Gasteiger partial charge is 0.223 e. The molecule has 1 heterocycles. The van der Waals surface area contributed by atoms with E-state index in [0.29, 0.717) is 11.8 Å². The molecule has 0 bridgehead atoms. The average molecular weight is 332 g/mol. The lowest BCUT2D eigenvalue weighted by Gasteiger charge is -2.28. The van der Waals surface area contributed by atoms with Gasteiger partial charge in [-0.05, 0) is 23.8 Å². The topological polar surface area (TPSA) is 33.5 Å². The van der Waals surface area contributed by atoms with E-state index in [1.807, 2.05) is 0 Å². The maximum Gasteiger partial charge on any atom is 0.223 e. The molecule has 134 valence electrons. The molecule has 0 aliphatic carbocycles. The summed E-state index contributed by atoms with van der Waals surface area (Å²) in [6, 6.07) is 9.06. The third-order valence-corrected chi connectivity index (χ3v) is 5.18. The Morgan fingerprint density at radius 1 is 1.12 bits per heavy atom. The number of hydrogen-bond acceptors (Lipinski definition) is 1. The summed E-state index contributed by atoms with van der Waals surface area (Å²) in [4.78, 5) is 13.8. The van der Waals surface area contributed by atoms with Crippen LogP contribution in [-0.4, -0.2) is 25.5 Å². The van der Waals surface area contributed by atoms with E-state index in [0.717, 1.165) is 45.4 Å². The van der Waals surface area contributed by atoms with E-state index in [2.05, 4.69) is 57.3 Å². The molecule has 0 radical (unpaired) electrons. The van der Waals surface area contributed by atoms with Crippen LogP contribution in [0.1, 0.15) is 64.0 Å². The molecule has 1 aromatic rings. The largest absolute Gasteiger partial charge is 0.356 e. The Morgan fingerprint density at radius 3 is 2.29 bits per heavy atom. The highest BCUT2D eigenvalue weighted by Crippen LogP contribution is 2.15. The number of piperidine rings is 1. The lowest BCUT2D eigenvalue weighted by molar-refractivity contribution is -0.919. The molecule has 1 aliphatic heterocycles. The maximum absolute atomic E-state index is 12.2. The Hall–Kier alpha value is -1.35. The molecule has 1 saturated heterocycles. The molecule has 1 aliphatic rings. The van der Waals surface area contributed by atoms with Crippen molar-refractivity contribution in [2.45, 2.75) is 59.4 Å². The molecule has 3 nitrogen and oxygen atoms in total. The highest BCUT2D eigenvalue weighted by atomic mass is 16.1. The molecule has 2 rings (SSSR count). The predicted octanol–water partition coefficient (Wildman–Crippen LogP) is 2.77. The normalized spacial score (nSPS) is 21.2. The van der Waals surface area contributed by atoms with Gasteiger partial charge in [0.15, 0.2) is 0 Å². The summed E-state index contributed by atoms with van der Waals surface area (Å²) in [6.45, 7) is 13.0. The van der Waals surface area contributed by atoms with E-state index in [4.69, 9.17) is 0 Å². The van der Waals surface area contributed by atoms with Crippen molar-refractivity contribution in [1.29, 1.82) is 0 Å². The van der Waals surface area contributed by atoms with Gasteiger partial charge in [-0.1, -0.05) is 52.0 Å². The van der Waals surface area contributed by atoms with Crippen LogP contribution >= 0.6 is 0 Å². The number of carbonyl (C=O) groups is 1. The van der Waals surface area contributed by atoms with Gasteiger partial charge in [-0.15, -0.1) is 0 Å². The second-order valence-corrected chi connectivity index (χ2v) is 8.07. The standard InChI is InChI=1S/C21H34N2O/c1-16(2)9-12-22-21(24)20-10-13-23(14-11-20)15-18-5-7-19(8-6-18)17(3)4/h5-8,16-17,20H,9-15H2,1-4H3,(H,22,24)/p+1. The lowest BCUT2D eigenvalue weighted by Crippen LogP contribution is -3.11. The quantitative estimate of drug-likeness (QED) is 0.791. The highest BCUT2D eigenvalue weighted by molar-refractivity contribution is 5.78. The Bertz CT molecular complexity index is 499. The Kier molecular flexibility index (Phi) is 7.29. The van der Waals surface area contributed by atoms with E-state index in [9.17, 15) is 4.79 Å². The molecule has 1 fully saturated rings. The first-order valence-electron chi connectivity index (χ1n) is 9.65. The van der Waals surface area contributed by atoms with E-state index in [-0.39, 0.29) is 11.8 Å². The van der Waals surface area contributed by atoms with Crippen LogP contribution in [0.25, 0.3) is 0 Å². The van der Waals surface area contributed by atoms with E-state index < -0.39 is 0 Å². The van der Waals surface area contributed by atoms with E-state index in [1.54, 1.807) is 4.90 Å². The van der Waals surface area contributed by atoms with Crippen LogP contribution < -0.4 is 10.2 Å². The Balaban J connectivity index is 1.73. The van der Waals surface area contributed by atoms with Crippen LogP contribution in [0.3, 0.4) is 0 Å². The molecule has 0 saturated carbocycles. The van der Waals surface area contributed by atoms with Crippen LogP contribution in [0.5, 0.6) is 0 Å². The minimum Gasteiger partial charge on any atom is -0.356 e. The van der Waals surface area contributed by atoms with Gasteiger partial charge in [0.05, 0.1) is 13.1 Å². The SMILES string of the molecule is CC(C)CCNC(=O)C1CC[NH+](Cc2ccc(C(C)C)cc2)CC1. The van der Waals surface area contributed by atoms with Crippen molar-refractivity contribution in [3.63, 3.8) is 0 Å². The van der Waals surface area contributed by atoms with Gasteiger partial charge < -0.3 is 10.2 Å². The minimum atomic E-state index is 0.226. The van der Waals surface area contributed by atoms with Gasteiger partial charge in [-0.3, -0.25) is 4.79 Å². The zero-order valence-electron chi connectivity index (χ0n) is 15.9. The zero-order valence-corrected chi connectivity index (χ0v) is 15.9. The summed E-state index contributed by atoms with van der Waals surface area (Å²) in [5.41, 5.74) is 2.82. The van der Waals surface area contributed by atoms with Crippen LogP contribution in [0.4, 0.5) is 0 Å². The van der Waals surface area contributed by atoms with Gasteiger partial charge in [-0.2, -0.15) is 0 Å². The van der Waals surface area contributed by atoms with Gasteiger partial charge in [0, 0.05) is 30.9 Å². The summed E-state index contributed by atoms with van der Waals surface area (Å²) in [5, 5.41) is 3.12. The van der Waals surface area contributed by atoms with Crippen LogP contribution in [0, 0.1) is 11.8 Å². The third-order valence-electron chi connectivity index (χ3n) is 5.18. The molecule has 0 atom stereocenters. The number of quaternary nitrogens is 1. The molecule has 0 unspecified atom stereocenters. The molecular formula is C21H35N2O+. The summed E-state index contributed by atoms with van der Waals surface area (Å²) in [7, 11) is 0. The number of carbonyl (C=O) groups excluding carboxylic acids is 1. The summed E-state index contributed by atoms with van der Waals surface area (Å²) in [5.74, 6) is 1.75. The highest BCUT2D eigenvalue weighted by Gasteiger charge is 2.27. The number of rotatable bonds is 7. The van der Waals surface area contributed by atoms with Crippen molar-refractivity contribution in [3.05, 3.63) is 35.4 Å². The fourth-order valence-corrected chi connectivity index (χ4v) is 3.40. The van der Waals surface area contributed by atoms with Crippen molar-refractivity contribution in [3.8, 4) is 0 Å². The van der Waals surface area contributed by atoms with Crippen LogP contribution in [0.15, 0.2) is 24.3 Å². The van der Waals surface area contributed by atoms with Gasteiger partial charge in [-0.25, -0.2) is 0 Å². The molecule has 1 amide bonds. The average Bonchev–Trinajstić information content (AvgIpc) is 2.55. The molecule has 2 N–H and O–H groups in total. The molecule has 1 aromatic carbocycles. The fourth-order valence-electron chi connectivity index (χ4n) is 3.40. The second-order valence-electron chi connectivity index (χ2n) is 8.07. The first kappa shape index (κ1) is 19.0. The minimum absolute atomic E-state index is 0.226. The van der Waals surface area contributed by atoms with Crippen molar-refractivity contribution < 1.29 is 9.69 Å². The Morgan fingerprint density at radius 2 is 1.75 bits per heavy atom. The van der Waals surface area contributed by atoms with Crippen molar-refractivity contribution in [2.24, 2.45) is 11.8 Å². The van der Waals surface area contributed by atoms with E-state index in [1.165, 1.54) is 11.1 Å². The number of nitrogens with one attached hydrogen (secondary N) is 2. The molecule has 3 heteroatoms.